The molecule has 0 amide bonds. The first-order valence-corrected chi connectivity index (χ1v) is 5.38. The lowest BCUT2D eigenvalue weighted by molar-refractivity contribution is 0.475. The Bertz CT molecular complexity index is 480. The molecule has 16 heavy (non-hydrogen) atoms. The Kier molecular flexibility index (Phi) is 3.22. The average Bonchev–Trinajstić information content (AvgIpc) is 2.30. The van der Waals surface area contributed by atoms with E-state index in [1.165, 1.54) is 5.56 Å². The van der Waals surface area contributed by atoms with Gasteiger partial charge in [-0.25, -0.2) is 0 Å². The van der Waals surface area contributed by atoms with Gasteiger partial charge in [0.25, 0.3) is 0 Å². The molecule has 0 radical (unpaired) electrons. The molecule has 0 spiro atoms. The van der Waals surface area contributed by atoms with E-state index < -0.39 is 0 Å². The van der Waals surface area contributed by atoms with Gasteiger partial charge in [-0.3, -0.25) is 0 Å². The first kappa shape index (κ1) is 10.7. The molecule has 2 heteroatoms. The van der Waals surface area contributed by atoms with E-state index >= 15 is 0 Å². The number of hydrogen-bond donors (Lipinski definition) is 2. The van der Waals surface area contributed by atoms with Gasteiger partial charge in [0.1, 0.15) is 5.75 Å². The molecule has 82 valence electrons. The molecule has 0 aromatic heterocycles. The van der Waals surface area contributed by atoms with Gasteiger partial charge in [-0.2, -0.15) is 0 Å². The van der Waals surface area contributed by atoms with Gasteiger partial charge in [0.2, 0.25) is 0 Å². The molecule has 0 saturated heterocycles. The van der Waals surface area contributed by atoms with Crippen LogP contribution >= 0.6 is 0 Å². The van der Waals surface area contributed by atoms with Crippen LogP contribution in [0.15, 0.2) is 48.5 Å². The molecule has 2 aromatic rings. The second-order valence-electron chi connectivity index (χ2n) is 3.79. The third-order valence-corrected chi connectivity index (χ3v) is 2.54. The normalized spacial score (nSPS) is 10.3. The quantitative estimate of drug-likeness (QED) is 0.823. The van der Waals surface area contributed by atoms with Crippen LogP contribution in [0.1, 0.15) is 5.56 Å². The minimum absolute atomic E-state index is 0.293. The van der Waals surface area contributed by atoms with Gasteiger partial charge in [-0.1, -0.05) is 36.4 Å². The lowest BCUT2D eigenvalue weighted by atomic mass is 10.0. The zero-order chi connectivity index (χ0) is 11.4. The van der Waals surface area contributed by atoms with Crippen LogP contribution in [0, 0.1) is 0 Å². The van der Waals surface area contributed by atoms with Crippen LogP contribution < -0.4 is 5.73 Å². The summed E-state index contributed by atoms with van der Waals surface area (Å²) >= 11 is 0. The van der Waals surface area contributed by atoms with Gasteiger partial charge >= 0.3 is 0 Å². The molecular formula is C14H15NO. The maximum absolute atomic E-state index is 9.43. The molecule has 0 aliphatic heterocycles. The summed E-state index contributed by atoms with van der Waals surface area (Å²) < 4.78 is 0. The highest BCUT2D eigenvalue weighted by molar-refractivity contribution is 5.65. The summed E-state index contributed by atoms with van der Waals surface area (Å²) in [6.07, 6.45) is 0.882. The van der Waals surface area contributed by atoms with Crippen LogP contribution in [-0.2, 0) is 6.42 Å². The van der Waals surface area contributed by atoms with E-state index in [0.717, 1.165) is 17.5 Å². The van der Waals surface area contributed by atoms with Crippen LogP contribution in [0.3, 0.4) is 0 Å². The molecule has 2 aromatic carbocycles. The lowest BCUT2D eigenvalue weighted by Crippen LogP contribution is -2.02. The van der Waals surface area contributed by atoms with Crippen LogP contribution in [0.25, 0.3) is 11.1 Å². The molecule has 2 nitrogen and oxygen atoms in total. The number of hydrogen-bond acceptors (Lipinski definition) is 2. The monoisotopic (exact) mass is 213 g/mol. The first-order chi connectivity index (χ1) is 7.79. The zero-order valence-electron chi connectivity index (χ0n) is 9.06. The number of phenolic OH excluding ortho intramolecular Hbond substituents is 1. The third kappa shape index (κ3) is 2.41. The first-order valence-electron chi connectivity index (χ1n) is 5.38. The Balaban J connectivity index is 2.36. The van der Waals surface area contributed by atoms with Gasteiger partial charge in [0, 0.05) is 0 Å². The van der Waals surface area contributed by atoms with Crippen molar-refractivity contribution >= 4 is 0 Å². The summed E-state index contributed by atoms with van der Waals surface area (Å²) in [5, 5.41) is 9.43. The topological polar surface area (TPSA) is 46.2 Å². The summed E-state index contributed by atoms with van der Waals surface area (Å²) in [5.74, 6) is 0.293. The number of rotatable bonds is 3. The van der Waals surface area contributed by atoms with E-state index in [-0.39, 0.29) is 0 Å². The summed E-state index contributed by atoms with van der Waals surface area (Å²) in [7, 11) is 0. The van der Waals surface area contributed by atoms with Crippen LogP contribution in [0.5, 0.6) is 5.75 Å². The molecule has 0 unspecified atom stereocenters. The Labute approximate surface area is 95.4 Å². The molecule has 0 aliphatic rings. The van der Waals surface area contributed by atoms with Gasteiger partial charge in [0.05, 0.1) is 0 Å². The van der Waals surface area contributed by atoms with Crippen molar-refractivity contribution in [2.45, 2.75) is 6.42 Å². The molecule has 0 aliphatic carbocycles. The van der Waals surface area contributed by atoms with Gasteiger partial charge in [0.15, 0.2) is 0 Å². The minimum Gasteiger partial charge on any atom is -0.508 e. The van der Waals surface area contributed by atoms with E-state index in [2.05, 4.69) is 12.1 Å². The maximum Gasteiger partial charge on any atom is 0.116 e. The number of benzene rings is 2. The van der Waals surface area contributed by atoms with Crippen molar-refractivity contribution in [1.29, 1.82) is 0 Å². The fourth-order valence-corrected chi connectivity index (χ4v) is 1.76. The van der Waals surface area contributed by atoms with E-state index in [4.69, 9.17) is 5.73 Å². The lowest BCUT2D eigenvalue weighted by Gasteiger charge is -2.05. The molecular weight excluding hydrogens is 198 g/mol. The third-order valence-electron chi connectivity index (χ3n) is 2.54. The van der Waals surface area contributed by atoms with Crippen molar-refractivity contribution < 1.29 is 5.11 Å². The minimum atomic E-state index is 0.293. The van der Waals surface area contributed by atoms with Crippen LogP contribution in [0.2, 0.25) is 0 Å². The second kappa shape index (κ2) is 4.81. The SMILES string of the molecule is NCCc1cccc(-c2cccc(O)c2)c1. The smallest absolute Gasteiger partial charge is 0.116 e. The van der Waals surface area contributed by atoms with Gasteiger partial charge < -0.3 is 10.8 Å². The van der Waals surface area contributed by atoms with Crippen molar-refractivity contribution in [1.82, 2.24) is 0 Å². The predicted octanol–water partition coefficient (Wildman–Crippen LogP) is 2.56. The highest BCUT2D eigenvalue weighted by atomic mass is 16.3. The fraction of sp³-hybridized carbons (Fsp3) is 0.143. The summed E-state index contributed by atoms with van der Waals surface area (Å²) in [6.45, 7) is 0.656. The number of nitrogens with two attached hydrogens (primary N) is 1. The van der Waals surface area contributed by atoms with E-state index in [0.29, 0.717) is 12.3 Å². The number of phenols is 1. The largest absolute Gasteiger partial charge is 0.508 e. The molecule has 0 heterocycles. The van der Waals surface area contributed by atoms with Crippen molar-refractivity contribution in [3.8, 4) is 16.9 Å². The molecule has 0 bridgehead atoms. The van der Waals surface area contributed by atoms with E-state index in [1.54, 1.807) is 12.1 Å². The standard InChI is InChI=1S/C14H15NO/c15-8-7-11-3-1-4-12(9-11)13-5-2-6-14(16)10-13/h1-6,9-10,16H,7-8,15H2. The predicted molar refractivity (Wildman–Crippen MR) is 66.3 cm³/mol. The average molecular weight is 213 g/mol. The molecule has 0 fully saturated rings. The molecule has 2 rings (SSSR count). The van der Waals surface area contributed by atoms with Crippen molar-refractivity contribution in [3.63, 3.8) is 0 Å². The van der Waals surface area contributed by atoms with Crippen LogP contribution in [0.4, 0.5) is 0 Å². The fourth-order valence-electron chi connectivity index (χ4n) is 1.76. The Hall–Kier alpha value is -1.80. The molecule has 0 atom stereocenters. The summed E-state index contributed by atoms with van der Waals surface area (Å²) in [5.41, 5.74) is 8.90. The van der Waals surface area contributed by atoms with Crippen molar-refractivity contribution in [2.24, 2.45) is 5.73 Å². The Morgan fingerprint density at radius 1 is 0.938 bits per heavy atom. The molecule has 0 saturated carbocycles. The molecule has 3 N–H and O–H groups in total. The summed E-state index contributed by atoms with van der Waals surface area (Å²) in [4.78, 5) is 0. The zero-order valence-corrected chi connectivity index (χ0v) is 9.06. The Morgan fingerprint density at radius 3 is 2.31 bits per heavy atom. The maximum atomic E-state index is 9.43. The van der Waals surface area contributed by atoms with Gasteiger partial charge in [-0.15, -0.1) is 0 Å². The highest BCUT2D eigenvalue weighted by Gasteiger charge is 1.99. The van der Waals surface area contributed by atoms with Gasteiger partial charge in [-0.05, 0) is 41.8 Å². The summed E-state index contributed by atoms with van der Waals surface area (Å²) in [6, 6.07) is 15.5. The van der Waals surface area contributed by atoms with Crippen LogP contribution in [-0.4, -0.2) is 11.7 Å². The number of aromatic hydroxyl groups is 1. The Morgan fingerprint density at radius 2 is 1.62 bits per heavy atom. The van der Waals surface area contributed by atoms with E-state index in [9.17, 15) is 5.11 Å². The van der Waals surface area contributed by atoms with Crippen molar-refractivity contribution in [2.75, 3.05) is 6.54 Å². The van der Waals surface area contributed by atoms with Crippen molar-refractivity contribution in [3.05, 3.63) is 54.1 Å². The highest BCUT2D eigenvalue weighted by Crippen LogP contribution is 2.23. The second-order valence-corrected chi connectivity index (χ2v) is 3.79. The van der Waals surface area contributed by atoms with E-state index in [1.807, 2.05) is 24.3 Å².